The molecule has 0 aromatic heterocycles. The molecule has 0 saturated carbocycles. The minimum Gasteiger partial charge on any atom is -0.107 e. The first-order chi connectivity index (χ1) is 4.18. The zero-order valence-electron chi connectivity index (χ0n) is 5.98. The van der Waals surface area contributed by atoms with Crippen molar-refractivity contribution >= 4 is 18.3 Å². The molecule has 0 rings (SSSR count). The van der Waals surface area contributed by atoms with Gasteiger partial charge in [0.25, 0.3) is 0 Å². The highest BCUT2D eigenvalue weighted by molar-refractivity contribution is 6.88. The van der Waals surface area contributed by atoms with Crippen LogP contribution in [-0.2, 0) is 0 Å². The molecule has 0 bridgehead atoms. The zero-order chi connectivity index (χ0) is 7.33. The van der Waals surface area contributed by atoms with Gasteiger partial charge in [0.2, 0.25) is 0 Å². The van der Waals surface area contributed by atoms with Gasteiger partial charge in [0.15, 0.2) is 0 Å². The third-order valence-electron chi connectivity index (χ3n) is 1.60. The normalized spacial score (nSPS) is 10.9. The van der Waals surface area contributed by atoms with Crippen LogP contribution in [0.3, 0.4) is 0 Å². The van der Waals surface area contributed by atoms with Crippen molar-refractivity contribution in [2.75, 3.05) is 0 Å². The van der Waals surface area contributed by atoms with Crippen LogP contribution < -0.4 is 0 Å². The Morgan fingerprint density at radius 3 is 2.00 bits per heavy atom. The van der Waals surface area contributed by atoms with Gasteiger partial charge in [-0.05, 0) is 0 Å². The molecule has 3 radical (unpaired) electrons. The first-order valence-electron chi connectivity index (χ1n) is 3.10. The summed E-state index contributed by atoms with van der Waals surface area (Å²) < 4.78 is 0. The monoisotopic (exact) mass is 153 g/mol. The molecule has 0 amide bonds. The van der Waals surface area contributed by atoms with Crippen molar-refractivity contribution < 1.29 is 0 Å². The number of hydrogen-bond acceptors (Lipinski definition) is 0. The fourth-order valence-corrected chi connectivity index (χ4v) is 3.29. The first-order valence-corrected chi connectivity index (χ1v) is 6.67. The topological polar surface area (TPSA) is 0 Å². The molecular weight excluding hydrogens is 140 g/mol. The van der Waals surface area contributed by atoms with Crippen LogP contribution in [0.4, 0.5) is 0 Å². The molecule has 0 fully saturated rings. The standard InChI is InChI=1S/C7H13Si2/c1-4-9(3,5-2)7-6-8/h4-5H,1-2,6-7H2,3H3. The summed E-state index contributed by atoms with van der Waals surface area (Å²) in [6, 6.07) is 2.26. The molecule has 0 atom stereocenters. The van der Waals surface area contributed by atoms with E-state index in [0.29, 0.717) is 0 Å². The first kappa shape index (κ1) is 8.91. The third-order valence-corrected chi connectivity index (χ3v) is 5.54. The molecule has 0 aromatic carbocycles. The van der Waals surface area contributed by atoms with Gasteiger partial charge in [-0.25, -0.2) is 0 Å². The van der Waals surface area contributed by atoms with Crippen molar-refractivity contribution in [2.45, 2.75) is 18.6 Å². The minimum atomic E-state index is -1.22. The summed E-state index contributed by atoms with van der Waals surface area (Å²) in [6.45, 7) is 9.84. The van der Waals surface area contributed by atoms with E-state index in [4.69, 9.17) is 0 Å². The van der Waals surface area contributed by atoms with E-state index in [2.05, 4.69) is 41.3 Å². The maximum absolute atomic E-state index is 3.79. The molecule has 0 unspecified atom stereocenters. The van der Waals surface area contributed by atoms with Gasteiger partial charge in [-0.1, -0.05) is 30.0 Å². The molecule has 2 heteroatoms. The highest BCUT2D eigenvalue weighted by Crippen LogP contribution is 2.12. The summed E-state index contributed by atoms with van der Waals surface area (Å²) in [7, 11) is 2.23. The molecule has 0 N–H and O–H groups in total. The molecule has 0 heterocycles. The van der Waals surface area contributed by atoms with E-state index in [-0.39, 0.29) is 0 Å². The smallest absolute Gasteiger partial charge is 0.0970 e. The molecule has 0 aliphatic rings. The van der Waals surface area contributed by atoms with Crippen LogP contribution >= 0.6 is 0 Å². The molecule has 0 aliphatic carbocycles. The second-order valence-electron chi connectivity index (χ2n) is 2.41. The van der Waals surface area contributed by atoms with E-state index in [1.807, 2.05) is 0 Å². The van der Waals surface area contributed by atoms with Crippen molar-refractivity contribution in [2.24, 2.45) is 0 Å². The largest absolute Gasteiger partial charge is 0.107 e. The van der Waals surface area contributed by atoms with Gasteiger partial charge in [-0.3, -0.25) is 0 Å². The number of hydrogen-bond donors (Lipinski definition) is 0. The van der Waals surface area contributed by atoms with Gasteiger partial charge >= 0.3 is 0 Å². The van der Waals surface area contributed by atoms with Crippen molar-refractivity contribution in [3.63, 3.8) is 0 Å². The van der Waals surface area contributed by atoms with E-state index in [1.54, 1.807) is 0 Å². The maximum atomic E-state index is 3.79. The molecule has 0 aliphatic heterocycles. The minimum absolute atomic E-state index is 1.06. The van der Waals surface area contributed by atoms with Gasteiger partial charge in [0.1, 0.15) is 0 Å². The fourth-order valence-electron chi connectivity index (χ4n) is 0.557. The van der Waals surface area contributed by atoms with Crippen molar-refractivity contribution in [1.82, 2.24) is 0 Å². The molecule has 0 aromatic rings. The maximum Gasteiger partial charge on any atom is 0.0970 e. The predicted octanol–water partition coefficient (Wildman–Crippen LogP) is 2.10. The summed E-state index contributed by atoms with van der Waals surface area (Å²) in [5, 5.41) is 0. The Morgan fingerprint density at radius 1 is 1.44 bits per heavy atom. The lowest BCUT2D eigenvalue weighted by molar-refractivity contribution is 1.38. The average Bonchev–Trinajstić information content (AvgIpc) is 1.89. The predicted molar refractivity (Wildman–Crippen MR) is 47.4 cm³/mol. The van der Waals surface area contributed by atoms with E-state index in [0.717, 1.165) is 6.04 Å². The summed E-state index contributed by atoms with van der Waals surface area (Å²) in [6.07, 6.45) is 0. The Hall–Kier alpha value is -0.0862. The molecule has 0 saturated heterocycles. The van der Waals surface area contributed by atoms with E-state index < -0.39 is 8.07 Å². The van der Waals surface area contributed by atoms with Gasteiger partial charge in [0, 0.05) is 10.2 Å². The van der Waals surface area contributed by atoms with Crippen LogP contribution in [0.1, 0.15) is 0 Å². The Labute approximate surface area is 62.1 Å². The van der Waals surface area contributed by atoms with Crippen LogP contribution in [-0.4, -0.2) is 18.3 Å². The van der Waals surface area contributed by atoms with E-state index in [1.165, 1.54) is 6.04 Å². The summed E-state index contributed by atoms with van der Waals surface area (Å²) >= 11 is 0. The summed E-state index contributed by atoms with van der Waals surface area (Å²) in [5.74, 6) is 0. The average molecular weight is 153 g/mol. The Balaban J connectivity index is 3.91. The molecular formula is C7H13Si2. The van der Waals surface area contributed by atoms with Crippen molar-refractivity contribution in [1.29, 1.82) is 0 Å². The van der Waals surface area contributed by atoms with Crippen molar-refractivity contribution in [3.8, 4) is 0 Å². The SMILES string of the molecule is C=C[Si](C)(C=C)CC[Si]. The molecule has 9 heavy (non-hydrogen) atoms. The van der Waals surface area contributed by atoms with Gasteiger partial charge < -0.3 is 0 Å². The van der Waals surface area contributed by atoms with Gasteiger partial charge in [-0.2, -0.15) is 0 Å². The second-order valence-corrected chi connectivity index (χ2v) is 7.24. The van der Waals surface area contributed by atoms with Crippen LogP contribution in [0.25, 0.3) is 0 Å². The van der Waals surface area contributed by atoms with Gasteiger partial charge in [-0.15, -0.1) is 13.2 Å². The van der Waals surface area contributed by atoms with Crippen LogP contribution in [0.15, 0.2) is 24.6 Å². The molecule has 0 nitrogen and oxygen atoms in total. The summed E-state index contributed by atoms with van der Waals surface area (Å²) in [4.78, 5) is 0. The Kier molecular flexibility index (Phi) is 3.81. The van der Waals surface area contributed by atoms with E-state index in [9.17, 15) is 0 Å². The quantitative estimate of drug-likeness (QED) is 0.543. The van der Waals surface area contributed by atoms with Crippen molar-refractivity contribution in [3.05, 3.63) is 24.6 Å². The summed E-state index contributed by atoms with van der Waals surface area (Å²) in [5.41, 5.74) is 4.14. The molecule has 49 valence electrons. The third kappa shape index (κ3) is 2.82. The Bertz CT molecular complexity index is 99.5. The zero-order valence-corrected chi connectivity index (χ0v) is 7.98. The lowest BCUT2D eigenvalue weighted by atomic mass is 10.9. The number of rotatable bonds is 4. The van der Waals surface area contributed by atoms with Crippen LogP contribution in [0.5, 0.6) is 0 Å². The van der Waals surface area contributed by atoms with Crippen LogP contribution in [0.2, 0.25) is 18.6 Å². The Morgan fingerprint density at radius 2 is 1.89 bits per heavy atom. The fraction of sp³-hybridized carbons (Fsp3) is 0.429. The molecule has 0 spiro atoms. The van der Waals surface area contributed by atoms with Gasteiger partial charge in [0.05, 0.1) is 8.07 Å². The lowest BCUT2D eigenvalue weighted by Crippen LogP contribution is -2.23. The highest BCUT2D eigenvalue weighted by Gasteiger charge is 2.15. The lowest BCUT2D eigenvalue weighted by Gasteiger charge is -2.15. The van der Waals surface area contributed by atoms with E-state index >= 15 is 0 Å². The highest BCUT2D eigenvalue weighted by atomic mass is 28.3. The van der Waals surface area contributed by atoms with Crippen LogP contribution in [0, 0.1) is 0 Å². The second kappa shape index (κ2) is 3.85.